The number of hydrogen-bond acceptors (Lipinski definition) is 5. The number of nitrogen functional groups attached to an aromatic ring is 1. The summed E-state index contributed by atoms with van der Waals surface area (Å²) in [5.41, 5.74) is 5.56. The van der Waals surface area contributed by atoms with Gasteiger partial charge in [0.2, 0.25) is 5.69 Å². The predicted molar refractivity (Wildman–Crippen MR) is 70.5 cm³/mol. The number of carbonyl (C=O) groups is 2. The monoisotopic (exact) mass is 279 g/mol. The van der Waals surface area contributed by atoms with Gasteiger partial charge in [-0.3, -0.25) is 10.5 Å². The first-order valence-electron chi connectivity index (χ1n) is 6.65. The zero-order valence-corrected chi connectivity index (χ0v) is 11.5. The van der Waals surface area contributed by atoms with Crippen molar-refractivity contribution in [1.29, 1.82) is 0 Å². The minimum Gasteiger partial charge on any atom is -0.451 e. The Bertz CT molecular complexity index is 498. The summed E-state index contributed by atoms with van der Waals surface area (Å²) in [6.07, 6.45) is 4.89. The molecule has 3 N–H and O–H groups in total. The number of nitrogens with zero attached hydrogens (tertiary/aromatic N) is 2. The fourth-order valence-corrected chi connectivity index (χ4v) is 2.08. The molecule has 0 bridgehead atoms. The number of aromatic amines is 1. The normalized spacial score (nSPS) is 15.9. The second-order valence-electron chi connectivity index (χ2n) is 4.99. The van der Waals surface area contributed by atoms with Crippen molar-refractivity contribution in [3.05, 3.63) is 18.1 Å². The molecule has 1 aromatic heterocycles. The third-order valence-electron chi connectivity index (χ3n) is 3.43. The van der Waals surface area contributed by atoms with Gasteiger partial charge in [0.25, 0.3) is 5.91 Å². The van der Waals surface area contributed by atoms with Crippen LogP contribution in [0.2, 0.25) is 0 Å². The van der Waals surface area contributed by atoms with Crippen LogP contribution in [0.15, 0.2) is 12.4 Å². The Balaban J connectivity index is 1.84. The lowest BCUT2D eigenvalue weighted by Crippen LogP contribution is -2.40. The van der Waals surface area contributed by atoms with E-state index in [4.69, 9.17) is 10.5 Å². The van der Waals surface area contributed by atoms with Gasteiger partial charge in [0.1, 0.15) is 6.20 Å². The molecule has 1 aromatic rings. The molecule has 2 rings (SSSR count). The Labute approximate surface area is 117 Å². The van der Waals surface area contributed by atoms with Gasteiger partial charge in [0.05, 0.1) is 6.20 Å². The van der Waals surface area contributed by atoms with E-state index < -0.39 is 5.97 Å². The van der Waals surface area contributed by atoms with Crippen LogP contribution in [-0.4, -0.2) is 41.5 Å². The number of nitrogens with two attached hydrogens (primary N) is 1. The van der Waals surface area contributed by atoms with E-state index in [1.165, 1.54) is 12.4 Å². The van der Waals surface area contributed by atoms with Crippen molar-refractivity contribution in [2.75, 3.05) is 25.4 Å². The molecule has 0 aliphatic carbocycles. The van der Waals surface area contributed by atoms with E-state index in [0.29, 0.717) is 5.92 Å². The van der Waals surface area contributed by atoms with Crippen molar-refractivity contribution in [3.63, 3.8) is 0 Å². The van der Waals surface area contributed by atoms with Crippen molar-refractivity contribution in [1.82, 2.24) is 9.88 Å². The van der Waals surface area contributed by atoms with Crippen LogP contribution < -0.4 is 10.7 Å². The van der Waals surface area contributed by atoms with Gasteiger partial charge in [-0.2, -0.15) is 0 Å². The van der Waals surface area contributed by atoms with Gasteiger partial charge in [0.15, 0.2) is 6.61 Å². The SMILES string of the molecule is CC1CCN(C(=O)COC(=O)c2ncc[nH+]c2N)CC1. The van der Waals surface area contributed by atoms with Crippen LogP contribution >= 0.6 is 0 Å². The highest BCUT2D eigenvalue weighted by atomic mass is 16.5. The molecule has 1 aliphatic heterocycles. The number of nitrogens with one attached hydrogen (secondary N) is 1. The minimum absolute atomic E-state index is 0.00688. The fourth-order valence-electron chi connectivity index (χ4n) is 2.08. The number of rotatable bonds is 3. The molecule has 1 fully saturated rings. The average molecular weight is 279 g/mol. The van der Waals surface area contributed by atoms with Gasteiger partial charge in [0, 0.05) is 13.1 Å². The van der Waals surface area contributed by atoms with Crippen molar-refractivity contribution in [3.8, 4) is 0 Å². The summed E-state index contributed by atoms with van der Waals surface area (Å²) >= 11 is 0. The summed E-state index contributed by atoms with van der Waals surface area (Å²) < 4.78 is 4.96. The molecule has 0 saturated carbocycles. The molecule has 0 aromatic carbocycles. The van der Waals surface area contributed by atoms with E-state index in [2.05, 4.69) is 16.9 Å². The highest BCUT2D eigenvalue weighted by Crippen LogP contribution is 2.16. The molecule has 0 atom stereocenters. The van der Waals surface area contributed by atoms with Crippen LogP contribution in [0.5, 0.6) is 0 Å². The summed E-state index contributed by atoms with van der Waals surface area (Å²) in [7, 11) is 0. The average Bonchev–Trinajstić information content (AvgIpc) is 2.45. The van der Waals surface area contributed by atoms with E-state index in [1.807, 2.05) is 0 Å². The van der Waals surface area contributed by atoms with Crippen LogP contribution in [0.4, 0.5) is 5.82 Å². The number of amides is 1. The molecular formula is C13H19N4O3+. The van der Waals surface area contributed by atoms with E-state index in [-0.39, 0.29) is 24.0 Å². The summed E-state index contributed by atoms with van der Waals surface area (Å²) in [5, 5.41) is 0. The second kappa shape index (κ2) is 6.31. The maximum absolute atomic E-state index is 11.9. The Morgan fingerprint density at radius 3 is 2.85 bits per heavy atom. The maximum atomic E-state index is 11.9. The van der Waals surface area contributed by atoms with Gasteiger partial charge >= 0.3 is 11.8 Å². The first-order valence-corrected chi connectivity index (χ1v) is 6.65. The van der Waals surface area contributed by atoms with Gasteiger partial charge in [-0.25, -0.2) is 14.8 Å². The van der Waals surface area contributed by atoms with Crippen molar-refractivity contribution >= 4 is 17.7 Å². The smallest absolute Gasteiger partial charge is 0.366 e. The van der Waals surface area contributed by atoms with E-state index in [0.717, 1.165) is 25.9 Å². The zero-order chi connectivity index (χ0) is 14.5. The lowest BCUT2D eigenvalue weighted by Gasteiger charge is -2.30. The minimum atomic E-state index is -0.696. The Morgan fingerprint density at radius 2 is 2.20 bits per heavy atom. The first-order chi connectivity index (χ1) is 9.58. The van der Waals surface area contributed by atoms with Crippen molar-refractivity contribution < 1.29 is 19.3 Å². The number of carbonyl (C=O) groups excluding carboxylic acids is 2. The maximum Gasteiger partial charge on any atom is 0.366 e. The number of hydrogen-bond donors (Lipinski definition) is 1. The van der Waals surface area contributed by atoms with E-state index in [1.54, 1.807) is 4.90 Å². The molecule has 7 heteroatoms. The van der Waals surface area contributed by atoms with Gasteiger partial charge in [-0.05, 0) is 18.8 Å². The summed E-state index contributed by atoms with van der Waals surface area (Å²) in [6.45, 7) is 3.33. The van der Waals surface area contributed by atoms with Gasteiger partial charge in [-0.15, -0.1) is 0 Å². The molecule has 0 radical (unpaired) electrons. The third-order valence-corrected chi connectivity index (χ3v) is 3.43. The molecule has 1 aliphatic rings. The topological polar surface area (TPSA) is 99.7 Å². The summed E-state index contributed by atoms with van der Waals surface area (Å²) in [5.74, 6) is -0.107. The quantitative estimate of drug-likeness (QED) is 0.778. The van der Waals surface area contributed by atoms with Crippen molar-refractivity contribution in [2.45, 2.75) is 19.8 Å². The molecule has 2 heterocycles. The molecule has 1 saturated heterocycles. The lowest BCUT2D eigenvalue weighted by molar-refractivity contribution is -0.361. The zero-order valence-electron chi connectivity index (χ0n) is 11.5. The lowest BCUT2D eigenvalue weighted by atomic mass is 9.99. The summed E-state index contributed by atoms with van der Waals surface area (Å²) in [6, 6.07) is 0. The van der Waals surface area contributed by atoms with Gasteiger partial charge < -0.3 is 9.64 Å². The Kier molecular flexibility index (Phi) is 4.49. The van der Waals surface area contributed by atoms with Crippen LogP contribution in [0.3, 0.4) is 0 Å². The molecule has 108 valence electrons. The number of anilines is 1. The highest BCUT2D eigenvalue weighted by Gasteiger charge is 2.23. The number of likely N-dealkylation sites (tertiary alicyclic amines) is 1. The number of H-pyrrole nitrogens is 1. The number of esters is 1. The van der Waals surface area contributed by atoms with Crippen LogP contribution in [0.1, 0.15) is 30.3 Å². The van der Waals surface area contributed by atoms with Crippen LogP contribution in [0, 0.1) is 5.92 Å². The van der Waals surface area contributed by atoms with Crippen LogP contribution in [-0.2, 0) is 9.53 Å². The predicted octanol–water partition coefficient (Wildman–Crippen LogP) is -0.107. The van der Waals surface area contributed by atoms with Gasteiger partial charge in [-0.1, -0.05) is 6.92 Å². The molecule has 20 heavy (non-hydrogen) atoms. The highest BCUT2D eigenvalue weighted by molar-refractivity contribution is 5.92. The first kappa shape index (κ1) is 14.2. The van der Waals surface area contributed by atoms with Crippen LogP contribution in [0.25, 0.3) is 0 Å². The number of piperidine rings is 1. The third kappa shape index (κ3) is 3.43. The fraction of sp³-hybridized carbons (Fsp3) is 0.538. The molecule has 7 nitrogen and oxygen atoms in total. The molecule has 0 spiro atoms. The second-order valence-corrected chi connectivity index (χ2v) is 4.99. The molecule has 0 unspecified atom stereocenters. The largest absolute Gasteiger partial charge is 0.451 e. The van der Waals surface area contributed by atoms with Crippen molar-refractivity contribution in [2.24, 2.45) is 5.92 Å². The summed E-state index contributed by atoms with van der Waals surface area (Å²) in [4.78, 5) is 31.9. The number of ether oxygens (including phenoxy) is 1. The Hall–Kier alpha value is -2.18. The Morgan fingerprint density at radius 1 is 1.50 bits per heavy atom. The van der Waals surface area contributed by atoms with E-state index >= 15 is 0 Å². The standard InChI is InChI=1S/C13H18N4O3/c1-9-2-6-17(7-3-9)10(18)8-20-13(19)11-12(14)16-5-4-15-11/h4-5,9H,2-3,6-8H2,1H3,(H2,14,16)/p+1. The molecule has 1 amide bonds. The molecular weight excluding hydrogens is 260 g/mol. The number of aromatic nitrogens is 2. The van der Waals surface area contributed by atoms with E-state index in [9.17, 15) is 9.59 Å².